The number of aliphatic carboxylic acids is 1. The number of rotatable bonds is 4. The number of urea groups is 1. The van der Waals surface area contributed by atoms with Crippen molar-refractivity contribution in [3.05, 3.63) is 0 Å². The number of carbonyl (C=O) groups is 3. The minimum atomic E-state index is -5.22. The van der Waals surface area contributed by atoms with Crippen molar-refractivity contribution in [2.75, 3.05) is 0 Å². The smallest absolute Gasteiger partial charge is 0.422 e. The molecule has 0 spiro atoms. The van der Waals surface area contributed by atoms with Gasteiger partial charge < -0.3 is 21.5 Å². The molecule has 10 heteroatoms. The van der Waals surface area contributed by atoms with Gasteiger partial charge in [-0.05, 0) is 20.8 Å². The zero-order valence-electron chi connectivity index (χ0n) is 10.4. The summed E-state index contributed by atoms with van der Waals surface area (Å²) < 4.78 is 37.8. The van der Waals surface area contributed by atoms with E-state index in [0.29, 0.717) is 0 Å². The molecule has 0 aromatic carbocycles. The standard InChI is InChI=1S/C9H14F3N3O4/c1-7(2,4(13)16)14-6(19)15-8(3,5(17)18)9(10,11)12/h1-3H3,(H2,13,16)(H,17,18)(H2,14,15,19). The Balaban J connectivity index is 5.07. The van der Waals surface area contributed by atoms with Crippen LogP contribution in [-0.4, -0.2) is 40.3 Å². The van der Waals surface area contributed by atoms with Gasteiger partial charge in [0.2, 0.25) is 11.4 Å². The van der Waals surface area contributed by atoms with Crippen LogP contribution in [-0.2, 0) is 9.59 Å². The van der Waals surface area contributed by atoms with E-state index >= 15 is 0 Å². The molecule has 0 saturated heterocycles. The molecule has 0 aromatic heterocycles. The summed E-state index contributed by atoms with van der Waals surface area (Å²) in [6, 6.07) is -1.48. The van der Waals surface area contributed by atoms with Crippen LogP contribution in [0.1, 0.15) is 20.8 Å². The summed E-state index contributed by atoms with van der Waals surface area (Å²) in [6.45, 7) is 2.59. The molecule has 0 heterocycles. The third kappa shape index (κ3) is 3.73. The van der Waals surface area contributed by atoms with Gasteiger partial charge >= 0.3 is 18.2 Å². The van der Waals surface area contributed by atoms with Gasteiger partial charge in [0, 0.05) is 0 Å². The number of hydrogen-bond donors (Lipinski definition) is 4. The Hall–Kier alpha value is -2.00. The van der Waals surface area contributed by atoms with Crippen LogP contribution in [0.5, 0.6) is 0 Å². The fourth-order valence-corrected chi connectivity index (χ4v) is 0.849. The molecule has 1 atom stereocenters. The Bertz CT molecular complexity index is 408. The highest BCUT2D eigenvalue weighted by molar-refractivity contribution is 5.91. The molecule has 0 aliphatic carbocycles. The monoisotopic (exact) mass is 285 g/mol. The van der Waals surface area contributed by atoms with E-state index in [0.717, 1.165) is 13.8 Å². The number of carboxylic acids is 1. The van der Waals surface area contributed by atoms with E-state index in [2.05, 4.69) is 0 Å². The van der Waals surface area contributed by atoms with Crippen LogP contribution in [0.3, 0.4) is 0 Å². The number of carbonyl (C=O) groups excluding carboxylic acids is 2. The molecule has 19 heavy (non-hydrogen) atoms. The molecular weight excluding hydrogens is 271 g/mol. The lowest BCUT2D eigenvalue weighted by atomic mass is 10.0. The van der Waals surface area contributed by atoms with Gasteiger partial charge in [-0.2, -0.15) is 13.2 Å². The maximum atomic E-state index is 12.6. The van der Waals surface area contributed by atoms with Crippen molar-refractivity contribution < 1.29 is 32.7 Å². The Kier molecular flexibility index (Phi) is 4.42. The van der Waals surface area contributed by atoms with Crippen molar-refractivity contribution in [3.8, 4) is 0 Å². The van der Waals surface area contributed by atoms with Gasteiger partial charge in [-0.3, -0.25) is 4.79 Å². The van der Waals surface area contributed by atoms with Crippen LogP contribution in [0, 0.1) is 0 Å². The third-order valence-corrected chi connectivity index (χ3v) is 2.40. The zero-order valence-corrected chi connectivity index (χ0v) is 10.4. The fraction of sp³-hybridized carbons (Fsp3) is 0.667. The predicted molar refractivity (Wildman–Crippen MR) is 57.0 cm³/mol. The van der Waals surface area contributed by atoms with Gasteiger partial charge in [0.1, 0.15) is 5.54 Å². The second-order valence-corrected chi connectivity index (χ2v) is 4.50. The Labute approximate surface area is 106 Å². The SMILES string of the molecule is CC(C)(NC(=O)NC(C)(C(=O)O)C(F)(F)F)C(N)=O. The molecule has 0 rings (SSSR count). The Morgan fingerprint density at radius 2 is 1.47 bits per heavy atom. The first-order valence-electron chi connectivity index (χ1n) is 4.94. The van der Waals surface area contributed by atoms with Crippen LogP contribution in [0.15, 0.2) is 0 Å². The number of hydrogen-bond acceptors (Lipinski definition) is 3. The van der Waals surface area contributed by atoms with E-state index in [-0.39, 0.29) is 6.92 Å². The second-order valence-electron chi connectivity index (χ2n) is 4.50. The molecule has 0 aliphatic rings. The van der Waals surface area contributed by atoms with Gasteiger partial charge in [-0.15, -0.1) is 0 Å². The number of carboxylic acid groups (broad SMARTS) is 1. The molecule has 0 fully saturated rings. The quantitative estimate of drug-likeness (QED) is 0.578. The average Bonchev–Trinajstić information content (AvgIpc) is 2.13. The van der Waals surface area contributed by atoms with Crippen molar-refractivity contribution in [1.82, 2.24) is 10.6 Å². The summed E-state index contributed by atoms with van der Waals surface area (Å²) >= 11 is 0. The Morgan fingerprint density at radius 3 is 1.74 bits per heavy atom. The minimum Gasteiger partial charge on any atom is -0.479 e. The molecule has 110 valence electrons. The summed E-state index contributed by atoms with van der Waals surface area (Å²) in [5.41, 5.74) is -0.203. The van der Waals surface area contributed by atoms with Crippen molar-refractivity contribution in [2.24, 2.45) is 5.73 Å². The maximum absolute atomic E-state index is 12.6. The van der Waals surface area contributed by atoms with E-state index < -0.39 is 35.2 Å². The first-order valence-corrected chi connectivity index (χ1v) is 4.94. The van der Waals surface area contributed by atoms with E-state index in [9.17, 15) is 27.6 Å². The van der Waals surface area contributed by atoms with E-state index in [1.165, 1.54) is 5.32 Å². The molecule has 3 amide bonds. The predicted octanol–water partition coefficient (Wildman–Crippen LogP) is -0.0449. The first-order chi connectivity index (χ1) is 8.24. The van der Waals surface area contributed by atoms with Crippen LogP contribution < -0.4 is 16.4 Å². The lowest BCUT2D eigenvalue weighted by Gasteiger charge is -2.30. The summed E-state index contributed by atoms with van der Waals surface area (Å²) in [7, 11) is 0. The molecular formula is C9H14F3N3O4. The van der Waals surface area contributed by atoms with Crippen molar-refractivity contribution in [2.45, 2.75) is 38.0 Å². The number of halogens is 3. The van der Waals surface area contributed by atoms with Gasteiger partial charge in [-0.25, -0.2) is 9.59 Å². The Morgan fingerprint density at radius 1 is 1.05 bits per heavy atom. The molecule has 7 nitrogen and oxygen atoms in total. The van der Waals surface area contributed by atoms with Crippen molar-refractivity contribution >= 4 is 17.9 Å². The van der Waals surface area contributed by atoms with Crippen molar-refractivity contribution in [1.29, 1.82) is 0 Å². The number of nitrogens with one attached hydrogen (secondary N) is 2. The van der Waals surface area contributed by atoms with E-state index in [1.54, 1.807) is 0 Å². The highest BCUT2D eigenvalue weighted by atomic mass is 19.4. The molecule has 0 aromatic rings. The number of primary amides is 1. The topological polar surface area (TPSA) is 122 Å². The largest absolute Gasteiger partial charge is 0.479 e. The van der Waals surface area contributed by atoms with Crippen LogP contribution in [0.2, 0.25) is 0 Å². The third-order valence-electron chi connectivity index (χ3n) is 2.40. The van der Waals surface area contributed by atoms with E-state index in [4.69, 9.17) is 10.8 Å². The highest BCUT2D eigenvalue weighted by Crippen LogP contribution is 2.30. The second kappa shape index (κ2) is 4.94. The van der Waals surface area contributed by atoms with Gasteiger partial charge in [0.05, 0.1) is 0 Å². The van der Waals surface area contributed by atoms with E-state index in [1.807, 2.05) is 5.32 Å². The van der Waals surface area contributed by atoms with Gasteiger partial charge in [0.15, 0.2) is 0 Å². The minimum absolute atomic E-state index is 0.284. The summed E-state index contributed by atoms with van der Waals surface area (Å²) in [4.78, 5) is 32.9. The molecule has 0 saturated carbocycles. The number of nitrogens with two attached hydrogens (primary N) is 1. The van der Waals surface area contributed by atoms with Gasteiger partial charge in [-0.1, -0.05) is 0 Å². The molecule has 0 radical (unpaired) electrons. The lowest BCUT2D eigenvalue weighted by Crippen LogP contribution is -2.66. The number of amides is 3. The zero-order chi connectivity index (χ0) is 15.6. The highest BCUT2D eigenvalue weighted by Gasteiger charge is 2.58. The maximum Gasteiger partial charge on any atom is 0.422 e. The van der Waals surface area contributed by atoms with Gasteiger partial charge in [0.25, 0.3) is 0 Å². The number of alkyl halides is 3. The first kappa shape index (κ1) is 17.0. The van der Waals surface area contributed by atoms with Crippen LogP contribution >= 0.6 is 0 Å². The molecule has 5 N–H and O–H groups in total. The van der Waals surface area contributed by atoms with Crippen LogP contribution in [0.25, 0.3) is 0 Å². The molecule has 0 bridgehead atoms. The van der Waals surface area contributed by atoms with Crippen molar-refractivity contribution in [3.63, 3.8) is 0 Å². The molecule has 1 unspecified atom stereocenters. The van der Waals surface area contributed by atoms with Crippen LogP contribution in [0.4, 0.5) is 18.0 Å². The lowest BCUT2D eigenvalue weighted by molar-refractivity contribution is -0.203. The summed E-state index contributed by atoms with van der Waals surface area (Å²) in [5, 5.41) is 11.7. The molecule has 0 aliphatic heterocycles. The fourth-order valence-electron chi connectivity index (χ4n) is 0.849. The summed E-state index contributed by atoms with van der Waals surface area (Å²) in [6.07, 6.45) is -5.22. The summed E-state index contributed by atoms with van der Waals surface area (Å²) in [5.74, 6) is -3.28. The normalized spacial score (nSPS) is 15.3. The average molecular weight is 285 g/mol.